The molecule has 1 fully saturated rings. The fourth-order valence-electron chi connectivity index (χ4n) is 1.49. The molecule has 1 aliphatic heterocycles. The third kappa shape index (κ3) is 3.42. The van der Waals surface area contributed by atoms with Gasteiger partial charge in [0, 0.05) is 12.1 Å². The Morgan fingerprint density at radius 3 is 2.33 bits per heavy atom. The predicted octanol–water partition coefficient (Wildman–Crippen LogP) is 2.40. The lowest BCUT2D eigenvalue weighted by atomic mass is 10.1. The standard InChI is InChI=1S/C10H15NO2.C2H6/c1-4-7-6-9(10(12)13-3)11-8(7)5-2;1-2/h4-5,9,11H,6H2,1-3H3;1-2H3/b7-4-,8-5+;. The third-order valence-electron chi connectivity index (χ3n) is 2.22. The zero-order chi connectivity index (χ0) is 11.8. The average Bonchev–Trinajstić information content (AvgIpc) is 2.73. The fraction of sp³-hybridized carbons (Fsp3) is 0.583. The smallest absolute Gasteiger partial charge is 0.328 e. The van der Waals surface area contributed by atoms with E-state index in [1.54, 1.807) is 0 Å². The zero-order valence-electron chi connectivity index (χ0n) is 10.3. The summed E-state index contributed by atoms with van der Waals surface area (Å²) in [4.78, 5) is 11.2. The first-order chi connectivity index (χ1) is 7.22. The van der Waals surface area contributed by atoms with Gasteiger partial charge in [-0.05, 0) is 19.4 Å². The van der Waals surface area contributed by atoms with Gasteiger partial charge in [0.05, 0.1) is 7.11 Å². The van der Waals surface area contributed by atoms with Gasteiger partial charge in [-0.2, -0.15) is 0 Å². The molecule has 15 heavy (non-hydrogen) atoms. The number of hydrogen-bond acceptors (Lipinski definition) is 3. The lowest BCUT2D eigenvalue weighted by Crippen LogP contribution is -2.30. The molecule has 0 aromatic carbocycles. The molecule has 1 unspecified atom stereocenters. The van der Waals surface area contributed by atoms with E-state index in [0.29, 0.717) is 0 Å². The summed E-state index contributed by atoms with van der Waals surface area (Å²) in [7, 11) is 1.41. The Bertz CT molecular complexity index is 247. The van der Waals surface area contributed by atoms with Crippen LogP contribution in [0.2, 0.25) is 0 Å². The fourth-order valence-corrected chi connectivity index (χ4v) is 1.49. The van der Waals surface area contributed by atoms with Crippen molar-refractivity contribution in [2.24, 2.45) is 0 Å². The number of nitrogens with one attached hydrogen (secondary N) is 1. The zero-order valence-corrected chi connectivity index (χ0v) is 10.3. The van der Waals surface area contributed by atoms with Crippen molar-refractivity contribution >= 4 is 5.97 Å². The van der Waals surface area contributed by atoms with Crippen LogP contribution in [0.3, 0.4) is 0 Å². The summed E-state index contributed by atoms with van der Waals surface area (Å²) < 4.78 is 4.66. The highest BCUT2D eigenvalue weighted by molar-refractivity contribution is 5.78. The van der Waals surface area contributed by atoms with Crippen molar-refractivity contribution in [3.8, 4) is 0 Å². The van der Waals surface area contributed by atoms with Gasteiger partial charge in [-0.3, -0.25) is 0 Å². The van der Waals surface area contributed by atoms with Crippen LogP contribution in [0.5, 0.6) is 0 Å². The van der Waals surface area contributed by atoms with E-state index >= 15 is 0 Å². The first-order valence-electron chi connectivity index (χ1n) is 5.39. The third-order valence-corrected chi connectivity index (χ3v) is 2.22. The molecule has 0 bridgehead atoms. The minimum absolute atomic E-state index is 0.198. The summed E-state index contributed by atoms with van der Waals surface area (Å²) in [6.45, 7) is 7.92. The Morgan fingerprint density at radius 1 is 1.40 bits per heavy atom. The van der Waals surface area contributed by atoms with E-state index in [0.717, 1.165) is 12.1 Å². The highest BCUT2D eigenvalue weighted by atomic mass is 16.5. The molecule has 1 atom stereocenters. The lowest BCUT2D eigenvalue weighted by Gasteiger charge is -2.06. The van der Waals surface area contributed by atoms with Crippen molar-refractivity contribution < 1.29 is 9.53 Å². The Labute approximate surface area is 92.2 Å². The molecule has 1 aliphatic rings. The quantitative estimate of drug-likeness (QED) is 0.677. The van der Waals surface area contributed by atoms with Crippen LogP contribution in [-0.4, -0.2) is 19.1 Å². The number of ether oxygens (including phenoxy) is 1. The molecule has 0 radical (unpaired) electrons. The van der Waals surface area contributed by atoms with Gasteiger partial charge in [-0.1, -0.05) is 26.0 Å². The van der Waals surface area contributed by atoms with E-state index in [9.17, 15) is 4.79 Å². The second-order valence-electron chi connectivity index (χ2n) is 2.94. The van der Waals surface area contributed by atoms with Crippen molar-refractivity contribution in [3.63, 3.8) is 0 Å². The minimum atomic E-state index is -0.206. The molecule has 3 nitrogen and oxygen atoms in total. The van der Waals surface area contributed by atoms with Crippen LogP contribution in [0.15, 0.2) is 23.4 Å². The van der Waals surface area contributed by atoms with Crippen molar-refractivity contribution in [2.75, 3.05) is 7.11 Å². The second-order valence-corrected chi connectivity index (χ2v) is 2.94. The van der Waals surface area contributed by atoms with E-state index in [2.05, 4.69) is 10.1 Å². The van der Waals surface area contributed by atoms with E-state index in [1.807, 2.05) is 39.8 Å². The van der Waals surface area contributed by atoms with Crippen molar-refractivity contribution in [3.05, 3.63) is 23.4 Å². The summed E-state index contributed by atoms with van der Waals surface area (Å²) in [5.74, 6) is -0.198. The summed E-state index contributed by atoms with van der Waals surface area (Å²) in [5, 5.41) is 3.11. The molecule has 86 valence electrons. The normalized spacial score (nSPS) is 24.5. The molecular formula is C12H21NO2. The number of esters is 1. The van der Waals surface area contributed by atoms with Crippen LogP contribution >= 0.6 is 0 Å². The molecule has 1 rings (SSSR count). The van der Waals surface area contributed by atoms with Crippen LogP contribution < -0.4 is 5.32 Å². The van der Waals surface area contributed by atoms with E-state index in [4.69, 9.17) is 0 Å². The van der Waals surface area contributed by atoms with Gasteiger partial charge in [0.2, 0.25) is 0 Å². The number of carbonyl (C=O) groups is 1. The highest BCUT2D eigenvalue weighted by Gasteiger charge is 2.28. The van der Waals surface area contributed by atoms with Crippen LogP contribution in [0.4, 0.5) is 0 Å². The van der Waals surface area contributed by atoms with Crippen molar-refractivity contribution in [1.82, 2.24) is 5.32 Å². The summed E-state index contributed by atoms with van der Waals surface area (Å²) in [5.41, 5.74) is 2.22. The van der Waals surface area contributed by atoms with Gasteiger partial charge < -0.3 is 10.1 Å². The van der Waals surface area contributed by atoms with Gasteiger partial charge in [-0.15, -0.1) is 0 Å². The lowest BCUT2D eigenvalue weighted by molar-refractivity contribution is -0.142. The van der Waals surface area contributed by atoms with Crippen molar-refractivity contribution in [1.29, 1.82) is 0 Å². The van der Waals surface area contributed by atoms with Gasteiger partial charge >= 0.3 is 5.97 Å². The minimum Gasteiger partial charge on any atom is -0.467 e. The maximum atomic E-state index is 11.2. The maximum Gasteiger partial charge on any atom is 0.328 e. The second kappa shape index (κ2) is 7.10. The Kier molecular flexibility index (Phi) is 6.50. The molecule has 0 spiro atoms. The van der Waals surface area contributed by atoms with Crippen LogP contribution in [0.25, 0.3) is 0 Å². The van der Waals surface area contributed by atoms with Gasteiger partial charge in [0.1, 0.15) is 6.04 Å². The van der Waals surface area contributed by atoms with Crippen LogP contribution in [-0.2, 0) is 9.53 Å². The summed E-state index contributed by atoms with van der Waals surface area (Å²) in [6, 6.07) is -0.206. The van der Waals surface area contributed by atoms with Crippen LogP contribution in [0, 0.1) is 0 Å². The number of hydrogen-bond donors (Lipinski definition) is 1. The first kappa shape index (κ1) is 13.8. The molecule has 0 aromatic heterocycles. The number of carbonyl (C=O) groups excluding carboxylic acids is 1. The first-order valence-corrected chi connectivity index (χ1v) is 5.39. The molecule has 1 N–H and O–H groups in total. The molecule has 0 aliphatic carbocycles. The monoisotopic (exact) mass is 211 g/mol. The molecule has 0 aromatic rings. The highest BCUT2D eigenvalue weighted by Crippen LogP contribution is 2.22. The Hall–Kier alpha value is -1.25. The largest absolute Gasteiger partial charge is 0.467 e. The number of methoxy groups -OCH3 is 1. The SMILES string of the molecule is C/C=C1/CC(C(=O)OC)N/C1=C/C.CC. The Balaban J connectivity index is 0.000000921. The molecule has 1 heterocycles. The molecule has 0 amide bonds. The number of allylic oxidation sites excluding steroid dienone is 3. The van der Waals surface area contributed by atoms with Gasteiger partial charge in [-0.25, -0.2) is 4.79 Å². The summed E-state index contributed by atoms with van der Waals surface area (Å²) >= 11 is 0. The Morgan fingerprint density at radius 2 is 2.00 bits per heavy atom. The molecule has 1 saturated heterocycles. The van der Waals surface area contributed by atoms with Gasteiger partial charge in [0.15, 0.2) is 0 Å². The van der Waals surface area contributed by atoms with Crippen molar-refractivity contribution in [2.45, 2.75) is 40.2 Å². The molecular weight excluding hydrogens is 190 g/mol. The van der Waals surface area contributed by atoms with E-state index < -0.39 is 0 Å². The summed E-state index contributed by atoms with van der Waals surface area (Å²) in [6.07, 6.45) is 4.71. The average molecular weight is 211 g/mol. The molecule has 3 heteroatoms. The van der Waals surface area contributed by atoms with Crippen LogP contribution in [0.1, 0.15) is 34.1 Å². The predicted molar refractivity (Wildman–Crippen MR) is 62.4 cm³/mol. The van der Waals surface area contributed by atoms with E-state index in [1.165, 1.54) is 12.7 Å². The number of rotatable bonds is 1. The van der Waals surface area contributed by atoms with E-state index in [-0.39, 0.29) is 12.0 Å². The topological polar surface area (TPSA) is 38.3 Å². The molecule has 0 saturated carbocycles. The maximum absolute atomic E-state index is 11.2. The van der Waals surface area contributed by atoms with Gasteiger partial charge in [0.25, 0.3) is 0 Å².